The Morgan fingerprint density at radius 2 is 1.85 bits per heavy atom. The number of benzene rings is 1. The summed E-state index contributed by atoms with van der Waals surface area (Å²) in [6, 6.07) is 6.15. The summed E-state index contributed by atoms with van der Waals surface area (Å²) in [6.07, 6.45) is 1.57. The number of non-ortho nitro benzene ring substituents is 1. The van der Waals surface area contributed by atoms with Gasteiger partial charge in [0.15, 0.2) is 17.0 Å². The number of nitrogens with zero attached hydrogens (tertiary/aromatic N) is 6. The maximum absolute atomic E-state index is 10.8. The molecule has 0 bridgehead atoms. The van der Waals surface area contributed by atoms with Crippen LogP contribution < -0.4 is 10.6 Å². The molecule has 0 aliphatic carbocycles. The van der Waals surface area contributed by atoms with Crippen LogP contribution >= 0.6 is 0 Å². The number of ether oxygens (including phenoxy) is 1. The smallest absolute Gasteiger partial charge is 0.269 e. The molecule has 0 saturated carbocycles. The van der Waals surface area contributed by atoms with Gasteiger partial charge in [0.2, 0.25) is 5.95 Å². The van der Waals surface area contributed by atoms with Crippen LogP contribution in [0.3, 0.4) is 0 Å². The Balaban J connectivity index is 1.80. The molecular weight excluding hydrogens is 338 g/mol. The number of nitro groups is 1. The lowest BCUT2D eigenvalue weighted by Crippen LogP contribution is -2.37. The predicted molar refractivity (Wildman–Crippen MR) is 94.7 cm³/mol. The number of nitrogens with two attached hydrogens (primary N) is 1. The standard InChI is InChI=1S/C16H15N7O3/c17-16-20-14-13(15(21-16)22-5-7-26-8-6-22)19-12(9-18-14)10-1-3-11(4-2-10)23(24)25/h1-4,9H,5-8H2,(H2,17,18,20,21). The summed E-state index contributed by atoms with van der Waals surface area (Å²) in [4.78, 5) is 29.9. The first-order valence-corrected chi connectivity index (χ1v) is 7.99. The molecule has 3 aromatic rings. The summed E-state index contributed by atoms with van der Waals surface area (Å²) in [5.74, 6) is 0.753. The van der Waals surface area contributed by atoms with Gasteiger partial charge >= 0.3 is 0 Å². The zero-order valence-electron chi connectivity index (χ0n) is 13.7. The maximum atomic E-state index is 10.8. The van der Waals surface area contributed by atoms with Gasteiger partial charge in [0, 0.05) is 30.8 Å². The topological polar surface area (TPSA) is 133 Å². The Kier molecular flexibility index (Phi) is 4.01. The molecule has 0 spiro atoms. The molecule has 4 rings (SSSR count). The number of anilines is 2. The number of nitro benzene ring substituents is 1. The van der Waals surface area contributed by atoms with Crippen LogP contribution in [0.4, 0.5) is 17.5 Å². The Hall–Kier alpha value is -3.40. The number of nitrogen functional groups attached to an aromatic ring is 1. The second kappa shape index (κ2) is 6.48. The number of fused-ring (bicyclic) bond motifs is 1. The van der Waals surface area contributed by atoms with E-state index in [1.54, 1.807) is 18.3 Å². The monoisotopic (exact) mass is 353 g/mol. The van der Waals surface area contributed by atoms with Crippen LogP contribution in [0.15, 0.2) is 30.5 Å². The highest BCUT2D eigenvalue weighted by atomic mass is 16.6. The van der Waals surface area contributed by atoms with Crippen molar-refractivity contribution < 1.29 is 9.66 Å². The highest BCUT2D eigenvalue weighted by Gasteiger charge is 2.19. The number of hydrogen-bond acceptors (Lipinski definition) is 9. The zero-order chi connectivity index (χ0) is 18.1. The molecule has 1 aromatic carbocycles. The van der Waals surface area contributed by atoms with Crippen molar-refractivity contribution >= 4 is 28.6 Å². The Labute approximate surface area is 147 Å². The van der Waals surface area contributed by atoms with Gasteiger partial charge in [0.25, 0.3) is 5.69 Å². The van der Waals surface area contributed by atoms with E-state index in [9.17, 15) is 10.1 Å². The molecule has 132 valence electrons. The van der Waals surface area contributed by atoms with Crippen molar-refractivity contribution in [2.45, 2.75) is 0 Å². The van der Waals surface area contributed by atoms with Crippen molar-refractivity contribution in [2.75, 3.05) is 36.9 Å². The van der Waals surface area contributed by atoms with E-state index in [0.717, 1.165) is 5.56 Å². The minimum absolute atomic E-state index is 0.0209. The minimum Gasteiger partial charge on any atom is -0.378 e. The maximum Gasteiger partial charge on any atom is 0.269 e. The van der Waals surface area contributed by atoms with E-state index >= 15 is 0 Å². The summed E-state index contributed by atoms with van der Waals surface area (Å²) in [5.41, 5.74) is 8.08. The molecule has 1 fully saturated rings. The summed E-state index contributed by atoms with van der Waals surface area (Å²) in [7, 11) is 0. The van der Waals surface area contributed by atoms with Gasteiger partial charge < -0.3 is 15.4 Å². The largest absolute Gasteiger partial charge is 0.378 e. The fourth-order valence-electron chi connectivity index (χ4n) is 2.80. The highest BCUT2D eigenvalue weighted by Crippen LogP contribution is 2.26. The van der Waals surface area contributed by atoms with Gasteiger partial charge in [-0.05, 0) is 12.1 Å². The van der Waals surface area contributed by atoms with Crippen LogP contribution in [0.5, 0.6) is 0 Å². The van der Waals surface area contributed by atoms with Gasteiger partial charge in [0.1, 0.15) is 0 Å². The van der Waals surface area contributed by atoms with Gasteiger partial charge in [-0.15, -0.1) is 0 Å². The van der Waals surface area contributed by atoms with E-state index in [1.165, 1.54) is 12.1 Å². The average Bonchev–Trinajstić information content (AvgIpc) is 2.68. The summed E-state index contributed by atoms with van der Waals surface area (Å²) >= 11 is 0. The number of rotatable bonds is 3. The second-order valence-corrected chi connectivity index (χ2v) is 5.74. The minimum atomic E-state index is -0.441. The normalized spacial score (nSPS) is 14.5. The molecule has 0 radical (unpaired) electrons. The van der Waals surface area contributed by atoms with Crippen molar-refractivity contribution in [3.8, 4) is 11.3 Å². The van der Waals surface area contributed by atoms with E-state index in [0.29, 0.717) is 49.0 Å². The van der Waals surface area contributed by atoms with Crippen molar-refractivity contribution in [3.63, 3.8) is 0 Å². The van der Waals surface area contributed by atoms with E-state index in [2.05, 4.69) is 19.9 Å². The van der Waals surface area contributed by atoms with Crippen molar-refractivity contribution in [2.24, 2.45) is 0 Å². The third-order valence-corrected chi connectivity index (χ3v) is 4.09. The van der Waals surface area contributed by atoms with E-state index in [-0.39, 0.29) is 11.6 Å². The summed E-state index contributed by atoms with van der Waals surface area (Å²) < 4.78 is 5.38. The lowest BCUT2D eigenvalue weighted by molar-refractivity contribution is -0.384. The fraction of sp³-hybridized carbons (Fsp3) is 0.250. The number of morpholine rings is 1. The van der Waals surface area contributed by atoms with Crippen LogP contribution in [-0.2, 0) is 4.74 Å². The predicted octanol–water partition coefficient (Wildman–Crippen LogP) is 1.41. The molecule has 1 saturated heterocycles. The molecule has 0 amide bonds. The Morgan fingerprint density at radius 1 is 1.12 bits per heavy atom. The third kappa shape index (κ3) is 2.97. The first-order chi connectivity index (χ1) is 12.6. The van der Waals surface area contributed by atoms with E-state index in [1.807, 2.05) is 4.90 Å². The van der Waals surface area contributed by atoms with Crippen LogP contribution in [-0.4, -0.2) is 51.2 Å². The molecule has 1 aliphatic rings. The first-order valence-electron chi connectivity index (χ1n) is 7.99. The Bertz CT molecular complexity index is 971. The molecule has 2 aromatic heterocycles. The molecular formula is C16H15N7O3. The van der Waals surface area contributed by atoms with E-state index < -0.39 is 4.92 Å². The summed E-state index contributed by atoms with van der Waals surface area (Å²) in [5, 5.41) is 10.8. The fourth-order valence-corrected chi connectivity index (χ4v) is 2.80. The Morgan fingerprint density at radius 3 is 2.54 bits per heavy atom. The average molecular weight is 353 g/mol. The molecule has 26 heavy (non-hydrogen) atoms. The van der Waals surface area contributed by atoms with Crippen LogP contribution in [0.25, 0.3) is 22.4 Å². The van der Waals surface area contributed by atoms with Crippen LogP contribution in [0.1, 0.15) is 0 Å². The van der Waals surface area contributed by atoms with Gasteiger partial charge in [-0.3, -0.25) is 10.1 Å². The molecule has 10 nitrogen and oxygen atoms in total. The number of hydrogen-bond donors (Lipinski definition) is 1. The van der Waals surface area contributed by atoms with Crippen molar-refractivity contribution in [3.05, 3.63) is 40.6 Å². The van der Waals surface area contributed by atoms with Gasteiger partial charge in [-0.1, -0.05) is 0 Å². The van der Waals surface area contributed by atoms with Crippen LogP contribution in [0.2, 0.25) is 0 Å². The third-order valence-electron chi connectivity index (χ3n) is 4.09. The van der Waals surface area contributed by atoms with Crippen LogP contribution in [0, 0.1) is 10.1 Å². The molecule has 3 heterocycles. The lowest BCUT2D eigenvalue weighted by Gasteiger charge is -2.28. The van der Waals surface area contributed by atoms with E-state index in [4.69, 9.17) is 10.5 Å². The molecule has 2 N–H and O–H groups in total. The molecule has 0 unspecified atom stereocenters. The quantitative estimate of drug-likeness (QED) is 0.548. The lowest BCUT2D eigenvalue weighted by atomic mass is 10.1. The molecule has 10 heteroatoms. The molecule has 1 aliphatic heterocycles. The van der Waals surface area contributed by atoms with Gasteiger partial charge in [0.05, 0.1) is 30.0 Å². The number of aromatic nitrogens is 4. The SMILES string of the molecule is Nc1nc(N2CCOCC2)c2nc(-c3ccc([N+](=O)[O-])cc3)cnc2n1. The summed E-state index contributed by atoms with van der Waals surface area (Å²) in [6.45, 7) is 2.55. The van der Waals surface area contributed by atoms with Gasteiger partial charge in [-0.2, -0.15) is 9.97 Å². The molecule has 0 atom stereocenters. The zero-order valence-corrected chi connectivity index (χ0v) is 13.7. The van der Waals surface area contributed by atoms with Crippen molar-refractivity contribution in [1.29, 1.82) is 0 Å². The highest BCUT2D eigenvalue weighted by molar-refractivity contribution is 5.85. The second-order valence-electron chi connectivity index (χ2n) is 5.74. The van der Waals surface area contributed by atoms with Crippen molar-refractivity contribution in [1.82, 2.24) is 19.9 Å². The first kappa shape index (κ1) is 16.1. The van der Waals surface area contributed by atoms with Gasteiger partial charge in [-0.25, -0.2) is 9.97 Å².